The molecule has 2 aromatic rings. The van der Waals surface area contributed by atoms with Crippen molar-refractivity contribution >= 4 is 5.91 Å². The van der Waals surface area contributed by atoms with Crippen molar-refractivity contribution < 1.29 is 9.53 Å². The molecule has 6 heteroatoms. The molecule has 1 aromatic carbocycles. The van der Waals surface area contributed by atoms with Crippen LogP contribution in [-0.4, -0.2) is 38.7 Å². The normalized spacial score (nSPS) is 19.7. The molecule has 0 aliphatic carbocycles. The molecule has 1 fully saturated rings. The third-order valence-corrected chi connectivity index (χ3v) is 6.09. The molecule has 0 bridgehead atoms. The number of carbonyl (C=O) groups is 1. The Hall–Kier alpha value is -2.37. The minimum atomic E-state index is 0.0220. The Balaban J connectivity index is 1.41. The van der Waals surface area contributed by atoms with E-state index < -0.39 is 0 Å². The largest absolute Gasteiger partial charge is 0.484 e. The maximum Gasteiger partial charge on any atom is 0.261 e. The predicted molar refractivity (Wildman–Crippen MR) is 112 cm³/mol. The maximum atomic E-state index is 12.9. The van der Waals surface area contributed by atoms with Crippen LogP contribution < -0.4 is 4.74 Å². The Morgan fingerprint density at radius 1 is 1.07 bits per heavy atom. The molecule has 0 N–H and O–H groups in total. The Bertz CT molecular complexity index is 851. The molecule has 2 aliphatic rings. The third-order valence-electron chi connectivity index (χ3n) is 6.09. The Labute approximate surface area is 173 Å². The van der Waals surface area contributed by atoms with Gasteiger partial charge in [0.25, 0.3) is 5.91 Å². The highest BCUT2D eigenvalue weighted by Crippen LogP contribution is 2.32. The number of hydrogen-bond acceptors (Lipinski definition) is 4. The summed E-state index contributed by atoms with van der Waals surface area (Å²) in [4.78, 5) is 14.9. The summed E-state index contributed by atoms with van der Waals surface area (Å²) in [7, 11) is 0. The summed E-state index contributed by atoms with van der Waals surface area (Å²) < 4.78 is 8.07. The molecule has 4 rings (SSSR count). The van der Waals surface area contributed by atoms with Gasteiger partial charge in [-0.1, -0.05) is 39.3 Å². The summed E-state index contributed by atoms with van der Waals surface area (Å²) in [6.45, 7) is 8.35. The quantitative estimate of drug-likeness (QED) is 0.782. The molecular formula is C23H32N4O2. The zero-order chi connectivity index (χ0) is 20.4. The van der Waals surface area contributed by atoms with Crippen molar-refractivity contribution in [3.05, 3.63) is 41.5 Å². The van der Waals surface area contributed by atoms with Crippen molar-refractivity contribution in [1.82, 2.24) is 19.7 Å². The number of hydrogen-bond donors (Lipinski definition) is 0. The lowest BCUT2D eigenvalue weighted by atomic mass is 9.87. The first kappa shape index (κ1) is 19.9. The molecule has 0 saturated carbocycles. The minimum Gasteiger partial charge on any atom is -0.484 e. The maximum absolute atomic E-state index is 12.9. The monoisotopic (exact) mass is 396 g/mol. The van der Waals surface area contributed by atoms with Crippen LogP contribution in [0.1, 0.15) is 76.1 Å². The zero-order valence-corrected chi connectivity index (χ0v) is 17.9. The van der Waals surface area contributed by atoms with E-state index in [4.69, 9.17) is 4.74 Å². The zero-order valence-electron chi connectivity index (χ0n) is 17.9. The van der Waals surface area contributed by atoms with E-state index in [0.29, 0.717) is 0 Å². The standard InChI is InChI=1S/C23H32N4O2/c1-23(2,3)17-10-12-18(13-11-17)29-16-21(28)26-15-7-8-19(26)22-25-24-20-9-5-4-6-14-27(20)22/h10-13,19H,4-9,14-16H2,1-3H3. The molecule has 29 heavy (non-hydrogen) atoms. The molecule has 1 saturated heterocycles. The van der Waals surface area contributed by atoms with Gasteiger partial charge in [0, 0.05) is 19.5 Å². The molecule has 6 nitrogen and oxygen atoms in total. The van der Waals surface area contributed by atoms with Crippen LogP contribution in [0.3, 0.4) is 0 Å². The SMILES string of the molecule is CC(C)(C)c1ccc(OCC(=O)N2CCCC2c2nnc3n2CCCCC3)cc1. The number of aromatic nitrogens is 3. The molecule has 1 aromatic heterocycles. The number of amides is 1. The van der Waals surface area contributed by atoms with Gasteiger partial charge in [-0.3, -0.25) is 4.79 Å². The molecule has 1 amide bonds. The molecule has 156 valence electrons. The van der Waals surface area contributed by atoms with Gasteiger partial charge >= 0.3 is 0 Å². The summed E-state index contributed by atoms with van der Waals surface area (Å²) >= 11 is 0. The van der Waals surface area contributed by atoms with E-state index in [0.717, 1.165) is 56.2 Å². The number of likely N-dealkylation sites (tertiary alicyclic amines) is 1. The second kappa shape index (κ2) is 8.17. The average Bonchev–Trinajstić information content (AvgIpc) is 3.26. The first-order valence-electron chi connectivity index (χ1n) is 10.9. The lowest BCUT2D eigenvalue weighted by molar-refractivity contribution is -0.134. The van der Waals surface area contributed by atoms with Crippen LogP contribution in [0, 0.1) is 0 Å². The average molecular weight is 397 g/mol. The van der Waals surface area contributed by atoms with Gasteiger partial charge in [0.15, 0.2) is 12.4 Å². The van der Waals surface area contributed by atoms with Gasteiger partial charge in [0.05, 0.1) is 6.04 Å². The molecular weight excluding hydrogens is 364 g/mol. The van der Waals surface area contributed by atoms with Crippen molar-refractivity contribution in [2.45, 2.75) is 77.3 Å². The fraction of sp³-hybridized carbons (Fsp3) is 0.609. The number of rotatable bonds is 4. The van der Waals surface area contributed by atoms with Crippen LogP contribution in [0.25, 0.3) is 0 Å². The number of carbonyl (C=O) groups excluding carboxylic acids is 1. The van der Waals surface area contributed by atoms with E-state index in [2.05, 4.69) is 47.7 Å². The molecule has 0 radical (unpaired) electrons. The fourth-order valence-corrected chi connectivity index (χ4v) is 4.37. The van der Waals surface area contributed by atoms with Crippen molar-refractivity contribution in [3.8, 4) is 5.75 Å². The van der Waals surface area contributed by atoms with E-state index >= 15 is 0 Å². The Morgan fingerprint density at radius 3 is 2.62 bits per heavy atom. The van der Waals surface area contributed by atoms with Crippen LogP contribution in [0.5, 0.6) is 5.75 Å². The summed E-state index contributed by atoms with van der Waals surface area (Å²) in [6.07, 6.45) is 6.50. The van der Waals surface area contributed by atoms with Crippen LogP contribution in [0.15, 0.2) is 24.3 Å². The summed E-state index contributed by atoms with van der Waals surface area (Å²) in [5.41, 5.74) is 1.36. The van der Waals surface area contributed by atoms with Gasteiger partial charge in [0.1, 0.15) is 11.6 Å². The number of nitrogens with zero attached hydrogens (tertiary/aromatic N) is 4. The Morgan fingerprint density at radius 2 is 1.86 bits per heavy atom. The second-order valence-electron chi connectivity index (χ2n) is 9.24. The lowest BCUT2D eigenvalue weighted by Crippen LogP contribution is -2.35. The summed E-state index contributed by atoms with van der Waals surface area (Å²) in [5.74, 6) is 2.80. The van der Waals surface area contributed by atoms with Gasteiger partial charge in [0.2, 0.25) is 0 Å². The number of ether oxygens (including phenoxy) is 1. The Kier molecular flexibility index (Phi) is 5.61. The van der Waals surface area contributed by atoms with E-state index in [-0.39, 0.29) is 24.0 Å². The first-order valence-corrected chi connectivity index (χ1v) is 10.9. The molecule has 1 atom stereocenters. The highest BCUT2D eigenvalue weighted by Gasteiger charge is 2.34. The smallest absolute Gasteiger partial charge is 0.261 e. The van der Waals surface area contributed by atoms with Crippen molar-refractivity contribution in [3.63, 3.8) is 0 Å². The van der Waals surface area contributed by atoms with Gasteiger partial charge in [-0.2, -0.15) is 0 Å². The van der Waals surface area contributed by atoms with E-state index in [1.165, 1.54) is 18.4 Å². The molecule has 0 spiro atoms. The minimum absolute atomic E-state index is 0.0220. The van der Waals surface area contributed by atoms with Gasteiger partial charge in [-0.25, -0.2) is 0 Å². The first-order chi connectivity index (χ1) is 13.9. The van der Waals surface area contributed by atoms with E-state index in [1.807, 2.05) is 17.0 Å². The molecule has 3 heterocycles. The van der Waals surface area contributed by atoms with Crippen LogP contribution in [0.4, 0.5) is 0 Å². The highest BCUT2D eigenvalue weighted by molar-refractivity contribution is 5.78. The second-order valence-corrected chi connectivity index (χ2v) is 9.24. The van der Waals surface area contributed by atoms with Gasteiger partial charge in [-0.15, -0.1) is 10.2 Å². The number of aryl methyl sites for hydroxylation is 1. The van der Waals surface area contributed by atoms with Crippen LogP contribution >= 0.6 is 0 Å². The van der Waals surface area contributed by atoms with Crippen molar-refractivity contribution in [1.29, 1.82) is 0 Å². The van der Waals surface area contributed by atoms with Crippen molar-refractivity contribution in [2.75, 3.05) is 13.2 Å². The molecule has 1 unspecified atom stereocenters. The number of fused-ring (bicyclic) bond motifs is 1. The van der Waals surface area contributed by atoms with Gasteiger partial charge in [-0.05, 0) is 48.8 Å². The van der Waals surface area contributed by atoms with E-state index in [9.17, 15) is 4.79 Å². The van der Waals surface area contributed by atoms with E-state index in [1.54, 1.807) is 0 Å². The van der Waals surface area contributed by atoms with Crippen molar-refractivity contribution in [2.24, 2.45) is 0 Å². The lowest BCUT2D eigenvalue weighted by Gasteiger charge is -2.25. The highest BCUT2D eigenvalue weighted by atomic mass is 16.5. The summed E-state index contributed by atoms with van der Waals surface area (Å²) in [6, 6.07) is 8.07. The van der Waals surface area contributed by atoms with Crippen LogP contribution in [0.2, 0.25) is 0 Å². The van der Waals surface area contributed by atoms with Gasteiger partial charge < -0.3 is 14.2 Å². The molecule has 2 aliphatic heterocycles. The van der Waals surface area contributed by atoms with Crippen LogP contribution in [-0.2, 0) is 23.2 Å². The topological polar surface area (TPSA) is 60.2 Å². The number of benzene rings is 1. The third kappa shape index (κ3) is 4.31. The fourth-order valence-electron chi connectivity index (χ4n) is 4.37. The summed E-state index contributed by atoms with van der Waals surface area (Å²) in [5, 5.41) is 8.90. The predicted octanol–water partition coefficient (Wildman–Crippen LogP) is 4.04.